The Labute approximate surface area is 298 Å². The third-order valence-corrected chi connectivity index (χ3v) is 10.1. The second kappa shape index (κ2) is 21.2. The van der Waals surface area contributed by atoms with Crippen LogP contribution in [0.5, 0.6) is 0 Å². The Kier molecular flexibility index (Phi) is 19.4. The molecule has 3 N–H and O–H groups in total. The molecule has 1 aliphatic rings. The molecule has 13 heteroatoms. The van der Waals surface area contributed by atoms with E-state index in [1.807, 2.05) is 55.4 Å². The molecule has 0 aromatic rings. The van der Waals surface area contributed by atoms with Crippen LogP contribution in [0.2, 0.25) is 0 Å². The van der Waals surface area contributed by atoms with Crippen molar-refractivity contribution < 1.29 is 33.4 Å². The van der Waals surface area contributed by atoms with Crippen molar-refractivity contribution in [3.05, 3.63) is 0 Å². The SMILES string of the molecule is [B][C@H](CC(C)C)NC(=O)[C@H](C)[C@@H](OC)[C@@H]1C[C@@H](OC)CN1C(=O)C[C@@H](OC)[C@H]([C@@H](C)CC)N(C)C(=O)[C@@H](NC(=O)[C@@H](NC)C(C)C)C(C)C. The average molecular weight is 694 g/mol. The maximum Gasteiger partial charge on any atom is 0.245 e. The summed E-state index contributed by atoms with van der Waals surface area (Å²) in [7, 11) is 14.3. The largest absolute Gasteiger partial charge is 0.380 e. The third kappa shape index (κ3) is 12.5. The van der Waals surface area contributed by atoms with E-state index in [1.54, 1.807) is 52.1 Å². The van der Waals surface area contributed by atoms with Crippen molar-refractivity contribution >= 4 is 31.5 Å². The highest BCUT2D eigenvalue weighted by Crippen LogP contribution is 2.31. The highest BCUT2D eigenvalue weighted by atomic mass is 16.5. The van der Waals surface area contributed by atoms with Crippen molar-refractivity contribution in [2.75, 3.05) is 42.0 Å². The van der Waals surface area contributed by atoms with E-state index in [0.717, 1.165) is 6.42 Å². The molecule has 1 fully saturated rings. The zero-order chi connectivity index (χ0) is 37.7. The van der Waals surface area contributed by atoms with Gasteiger partial charge in [-0.15, -0.1) is 0 Å². The van der Waals surface area contributed by atoms with Crippen LogP contribution in [0.15, 0.2) is 0 Å². The minimum atomic E-state index is -0.763. The molecule has 12 nitrogen and oxygen atoms in total. The van der Waals surface area contributed by atoms with Crippen LogP contribution in [-0.4, -0.2) is 132 Å². The third-order valence-electron chi connectivity index (χ3n) is 10.1. The number of nitrogens with zero attached hydrogens (tertiary/aromatic N) is 2. The molecule has 0 spiro atoms. The Morgan fingerprint density at radius 1 is 0.898 bits per heavy atom. The van der Waals surface area contributed by atoms with Crippen LogP contribution in [0.25, 0.3) is 0 Å². The molecular weight excluding hydrogens is 625 g/mol. The van der Waals surface area contributed by atoms with Gasteiger partial charge in [0.2, 0.25) is 23.6 Å². The molecule has 0 aliphatic carbocycles. The van der Waals surface area contributed by atoms with Gasteiger partial charge in [-0.1, -0.05) is 68.7 Å². The fourth-order valence-corrected chi connectivity index (χ4v) is 7.08. The van der Waals surface area contributed by atoms with E-state index in [1.165, 1.54) is 0 Å². The van der Waals surface area contributed by atoms with Gasteiger partial charge in [0, 0.05) is 34.9 Å². The van der Waals surface area contributed by atoms with Crippen molar-refractivity contribution in [1.29, 1.82) is 0 Å². The minimum Gasteiger partial charge on any atom is -0.380 e. The number of carbonyl (C=O) groups excluding carboxylic acids is 4. The molecule has 49 heavy (non-hydrogen) atoms. The summed E-state index contributed by atoms with van der Waals surface area (Å²) >= 11 is 0. The molecule has 0 bridgehead atoms. The van der Waals surface area contributed by atoms with Crippen LogP contribution in [0, 0.1) is 29.6 Å². The molecule has 0 unspecified atom stereocenters. The van der Waals surface area contributed by atoms with Gasteiger partial charge in [0.05, 0.1) is 56.6 Å². The molecule has 0 saturated carbocycles. The number of likely N-dealkylation sites (N-methyl/N-ethyl adjacent to an activating group) is 2. The summed E-state index contributed by atoms with van der Waals surface area (Å²) < 4.78 is 17.6. The van der Waals surface area contributed by atoms with Gasteiger partial charge >= 0.3 is 0 Å². The van der Waals surface area contributed by atoms with Gasteiger partial charge in [0.15, 0.2) is 0 Å². The molecular formula is C36H68BN5O7. The molecule has 10 atom stereocenters. The standard InChI is InChI=1S/C36H68BN5O7/c1-15-23(8)32(41(11)36(46)31(22(6)7)40-35(45)30(38-10)21(4)5)27(48-13)18-29(43)42-19-25(47-12)17-26(42)33(49-14)24(9)34(44)39-28(37)16-20(2)3/h20-28,30-33,38H,15-19H2,1-14H3,(H,39,44)(H,40,45)/t23-,24+,25+,26-,27+,28-,30-,31-,32-,33+/m0/s1. The quantitative estimate of drug-likeness (QED) is 0.156. The van der Waals surface area contributed by atoms with Crippen molar-refractivity contribution in [3.8, 4) is 0 Å². The summed E-state index contributed by atoms with van der Waals surface area (Å²) in [4.78, 5) is 58.1. The van der Waals surface area contributed by atoms with Gasteiger partial charge in [-0.05, 0) is 49.5 Å². The summed E-state index contributed by atoms with van der Waals surface area (Å²) in [5.74, 6) is -1.81. The predicted octanol–water partition coefficient (Wildman–Crippen LogP) is 2.57. The van der Waals surface area contributed by atoms with E-state index in [4.69, 9.17) is 22.1 Å². The number of ether oxygens (including phenoxy) is 3. The first-order valence-electron chi connectivity index (χ1n) is 18.1. The number of likely N-dealkylation sites (tertiary alicyclic amines) is 1. The number of hydrogen-bond acceptors (Lipinski definition) is 8. The number of rotatable bonds is 21. The lowest BCUT2D eigenvalue weighted by atomic mass is 9.86. The van der Waals surface area contributed by atoms with Gasteiger partial charge in [-0.3, -0.25) is 19.2 Å². The maximum absolute atomic E-state index is 14.2. The van der Waals surface area contributed by atoms with Gasteiger partial charge in [0.25, 0.3) is 0 Å². The van der Waals surface area contributed by atoms with E-state index in [2.05, 4.69) is 16.0 Å². The van der Waals surface area contributed by atoms with E-state index >= 15 is 0 Å². The summed E-state index contributed by atoms with van der Waals surface area (Å²) in [6.45, 7) is 18.0. The Balaban J connectivity index is 3.33. The molecule has 2 radical (unpaired) electrons. The van der Waals surface area contributed by atoms with Gasteiger partial charge < -0.3 is 40.0 Å². The zero-order valence-corrected chi connectivity index (χ0v) is 32.9. The average Bonchev–Trinajstić information content (AvgIpc) is 3.46. The maximum atomic E-state index is 14.2. The van der Waals surface area contributed by atoms with Crippen LogP contribution in [0.4, 0.5) is 0 Å². The van der Waals surface area contributed by atoms with Gasteiger partial charge in [-0.25, -0.2) is 0 Å². The molecule has 4 amide bonds. The van der Waals surface area contributed by atoms with Crippen LogP contribution >= 0.6 is 0 Å². The Hall–Kier alpha value is -2.22. The van der Waals surface area contributed by atoms with E-state index in [-0.39, 0.29) is 53.9 Å². The Bertz CT molecular complexity index is 1050. The second-order valence-electron chi connectivity index (χ2n) is 15.0. The van der Waals surface area contributed by atoms with Crippen molar-refractivity contribution in [2.45, 2.75) is 136 Å². The van der Waals surface area contributed by atoms with E-state index < -0.39 is 48.2 Å². The summed E-state index contributed by atoms with van der Waals surface area (Å²) in [6, 6.07) is -2.09. The van der Waals surface area contributed by atoms with E-state index in [9.17, 15) is 19.2 Å². The number of amides is 4. The zero-order valence-electron chi connectivity index (χ0n) is 32.9. The van der Waals surface area contributed by atoms with Gasteiger partial charge in [0.1, 0.15) is 6.04 Å². The molecule has 1 rings (SSSR count). The fraction of sp³-hybridized carbons (Fsp3) is 0.889. The first-order valence-corrected chi connectivity index (χ1v) is 18.1. The van der Waals surface area contributed by atoms with E-state index in [0.29, 0.717) is 25.3 Å². The molecule has 0 aromatic heterocycles. The first-order chi connectivity index (χ1) is 22.9. The summed E-state index contributed by atoms with van der Waals surface area (Å²) in [5, 5.41) is 8.93. The smallest absolute Gasteiger partial charge is 0.245 e. The summed E-state index contributed by atoms with van der Waals surface area (Å²) in [5.41, 5.74) is 0. The molecule has 1 saturated heterocycles. The topological polar surface area (TPSA) is 139 Å². The highest BCUT2D eigenvalue weighted by molar-refractivity contribution is 6.13. The number of hydrogen-bond donors (Lipinski definition) is 3. The monoisotopic (exact) mass is 694 g/mol. The predicted molar refractivity (Wildman–Crippen MR) is 194 cm³/mol. The van der Waals surface area contributed by atoms with Crippen molar-refractivity contribution in [3.63, 3.8) is 0 Å². The molecule has 282 valence electrons. The van der Waals surface area contributed by atoms with Crippen LogP contribution < -0.4 is 16.0 Å². The normalized spacial score (nSPS) is 21.5. The lowest BCUT2D eigenvalue weighted by Crippen LogP contribution is -2.59. The number of nitrogens with one attached hydrogen (secondary N) is 3. The lowest BCUT2D eigenvalue weighted by molar-refractivity contribution is -0.148. The highest BCUT2D eigenvalue weighted by Gasteiger charge is 2.45. The number of methoxy groups -OCH3 is 3. The Morgan fingerprint density at radius 3 is 1.94 bits per heavy atom. The lowest BCUT2D eigenvalue weighted by Gasteiger charge is -2.41. The molecule has 0 aromatic carbocycles. The number of carbonyl (C=O) groups is 4. The van der Waals surface area contributed by atoms with Crippen molar-refractivity contribution in [1.82, 2.24) is 25.8 Å². The molecule has 1 heterocycles. The first kappa shape index (κ1) is 44.8. The van der Waals surface area contributed by atoms with Gasteiger partial charge in [-0.2, -0.15) is 0 Å². The van der Waals surface area contributed by atoms with Crippen LogP contribution in [0.1, 0.15) is 88.0 Å². The second-order valence-corrected chi connectivity index (χ2v) is 15.0. The summed E-state index contributed by atoms with van der Waals surface area (Å²) in [6.07, 6.45) is 0.401. The van der Waals surface area contributed by atoms with Crippen LogP contribution in [-0.2, 0) is 33.4 Å². The van der Waals surface area contributed by atoms with Crippen LogP contribution in [0.3, 0.4) is 0 Å². The molecule has 1 aliphatic heterocycles. The minimum absolute atomic E-state index is 0.000216. The fourth-order valence-electron chi connectivity index (χ4n) is 7.08. The van der Waals surface area contributed by atoms with Crippen molar-refractivity contribution in [2.24, 2.45) is 29.6 Å². The Morgan fingerprint density at radius 2 is 1.49 bits per heavy atom.